The number of rotatable bonds is 6. The predicted octanol–water partition coefficient (Wildman–Crippen LogP) is 3.27. The van der Waals surface area contributed by atoms with E-state index < -0.39 is 6.10 Å². The van der Waals surface area contributed by atoms with Gasteiger partial charge < -0.3 is 25.0 Å². The van der Waals surface area contributed by atoms with Gasteiger partial charge in [0.05, 0.1) is 19.8 Å². The van der Waals surface area contributed by atoms with Crippen LogP contribution in [0.1, 0.15) is 18.6 Å². The molecular formula is C22H30FIN4O2. The Kier molecular flexibility index (Phi) is 9.64. The summed E-state index contributed by atoms with van der Waals surface area (Å²) in [7, 11) is 1.61. The molecule has 0 aromatic heterocycles. The van der Waals surface area contributed by atoms with Gasteiger partial charge in [0.2, 0.25) is 0 Å². The fourth-order valence-corrected chi connectivity index (χ4v) is 3.38. The minimum atomic E-state index is -0.695. The fraction of sp³-hybridized carbons (Fsp3) is 0.409. The van der Waals surface area contributed by atoms with Crippen molar-refractivity contribution in [1.29, 1.82) is 0 Å². The zero-order valence-corrected chi connectivity index (χ0v) is 19.8. The molecule has 2 N–H and O–H groups in total. The molecule has 1 heterocycles. The largest absolute Gasteiger partial charge is 0.497 e. The molecule has 1 unspecified atom stereocenters. The highest BCUT2D eigenvalue weighted by Crippen LogP contribution is 2.20. The van der Waals surface area contributed by atoms with E-state index in [1.165, 1.54) is 12.1 Å². The van der Waals surface area contributed by atoms with E-state index in [9.17, 15) is 9.50 Å². The number of piperazine rings is 1. The molecule has 0 aliphatic carbocycles. The van der Waals surface area contributed by atoms with Gasteiger partial charge in [-0.15, -0.1) is 24.0 Å². The molecule has 3 rings (SSSR count). The van der Waals surface area contributed by atoms with Crippen LogP contribution in [0.2, 0.25) is 0 Å². The van der Waals surface area contributed by atoms with E-state index in [1.807, 2.05) is 43.3 Å². The summed E-state index contributed by atoms with van der Waals surface area (Å²) in [6.07, 6.45) is -0.695. The first-order valence-corrected chi connectivity index (χ1v) is 9.96. The third kappa shape index (κ3) is 6.46. The van der Waals surface area contributed by atoms with Gasteiger partial charge >= 0.3 is 0 Å². The van der Waals surface area contributed by atoms with Crippen LogP contribution in [0.15, 0.2) is 53.5 Å². The first kappa shape index (κ1) is 24.2. The van der Waals surface area contributed by atoms with Crippen LogP contribution in [0, 0.1) is 5.82 Å². The highest BCUT2D eigenvalue weighted by atomic mass is 127. The molecule has 0 amide bonds. The highest BCUT2D eigenvalue weighted by Gasteiger charge is 2.20. The van der Waals surface area contributed by atoms with E-state index >= 15 is 0 Å². The minimum absolute atomic E-state index is 0. The van der Waals surface area contributed by atoms with Crippen LogP contribution in [-0.4, -0.2) is 62.3 Å². The molecule has 0 bridgehead atoms. The van der Waals surface area contributed by atoms with E-state index in [1.54, 1.807) is 7.11 Å². The van der Waals surface area contributed by atoms with Gasteiger partial charge in [-0.05, 0) is 48.9 Å². The second-order valence-electron chi connectivity index (χ2n) is 6.94. The summed E-state index contributed by atoms with van der Waals surface area (Å²) in [6, 6.07) is 14.0. The maximum atomic E-state index is 13.1. The number of aliphatic imine (C=N–C) groups is 1. The van der Waals surface area contributed by atoms with Gasteiger partial charge in [-0.1, -0.05) is 12.1 Å². The molecule has 30 heavy (non-hydrogen) atoms. The molecule has 1 aliphatic rings. The number of anilines is 1. The Bertz CT molecular complexity index is 811. The Morgan fingerprint density at radius 2 is 1.87 bits per heavy atom. The monoisotopic (exact) mass is 528 g/mol. The summed E-state index contributed by atoms with van der Waals surface area (Å²) in [6.45, 7) is 6.32. The maximum absolute atomic E-state index is 13.1. The van der Waals surface area contributed by atoms with Crippen molar-refractivity contribution >= 4 is 35.6 Å². The number of methoxy groups -OCH3 is 1. The van der Waals surface area contributed by atoms with Crippen molar-refractivity contribution in [3.63, 3.8) is 0 Å². The molecule has 2 aromatic carbocycles. The van der Waals surface area contributed by atoms with Gasteiger partial charge in [-0.25, -0.2) is 4.39 Å². The van der Waals surface area contributed by atoms with Crippen molar-refractivity contribution in [2.24, 2.45) is 4.99 Å². The Hall–Kier alpha value is -2.07. The first-order chi connectivity index (χ1) is 14.1. The zero-order chi connectivity index (χ0) is 20.6. The van der Waals surface area contributed by atoms with Gasteiger partial charge in [-0.2, -0.15) is 0 Å². The smallest absolute Gasteiger partial charge is 0.194 e. The number of nitrogens with one attached hydrogen (secondary N) is 1. The second-order valence-corrected chi connectivity index (χ2v) is 6.94. The average molecular weight is 528 g/mol. The van der Waals surface area contributed by atoms with Gasteiger partial charge in [0.25, 0.3) is 0 Å². The van der Waals surface area contributed by atoms with Crippen LogP contribution < -0.4 is 15.0 Å². The lowest BCUT2D eigenvalue weighted by Crippen LogP contribution is -2.52. The molecule has 1 atom stereocenters. The number of hydrogen-bond donors (Lipinski definition) is 2. The third-order valence-electron chi connectivity index (χ3n) is 5.00. The van der Waals surface area contributed by atoms with Crippen LogP contribution >= 0.6 is 24.0 Å². The van der Waals surface area contributed by atoms with Crippen molar-refractivity contribution in [3.05, 3.63) is 59.9 Å². The number of benzene rings is 2. The predicted molar refractivity (Wildman–Crippen MR) is 130 cm³/mol. The van der Waals surface area contributed by atoms with E-state index in [0.29, 0.717) is 5.75 Å². The number of nitrogens with zero attached hydrogens (tertiary/aromatic N) is 3. The van der Waals surface area contributed by atoms with Gasteiger partial charge in [0.15, 0.2) is 5.96 Å². The highest BCUT2D eigenvalue weighted by molar-refractivity contribution is 14.0. The number of aliphatic hydroxyl groups excluding tert-OH is 1. The van der Waals surface area contributed by atoms with Crippen LogP contribution in [-0.2, 0) is 0 Å². The lowest BCUT2D eigenvalue weighted by molar-refractivity contribution is 0.186. The van der Waals surface area contributed by atoms with Crippen molar-refractivity contribution < 1.29 is 14.2 Å². The molecule has 164 valence electrons. The fourth-order valence-electron chi connectivity index (χ4n) is 3.38. The summed E-state index contributed by atoms with van der Waals surface area (Å²) in [5, 5.41) is 13.8. The molecule has 1 fully saturated rings. The Balaban J connectivity index is 0.00000320. The first-order valence-electron chi connectivity index (χ1n) is 9.96. The standard InChI is InChI=1S/C22H29FN4O2.HI/c1-3-24-22(25-16-21(28)17-5-4-6-20(15-17)29-2)27-13-11-26(12-14-27)19-9-7-18(23)8-10-19;/h4-10,15,21,28H,3,11-14,16H2,1-2H3,(H,24,25);1H. The molecule has 6 nitrogen and oxygen atoms in total. The molecular weight excluding hydrogens is 498 g/mol. The van der Waals surface area contributed by atoms with Crippen molar-refractivity contribution in [1.82, 2.24) is 10.2 Å². The maximum Gasteiger partial charge on any atom is 0.194 e. The average Bonchev–Trinajstić information content (AvgIpc) is 2.77. The van der Waals surface area contributed by atoms with Gasteiger partial charge in [-0.3, -0.25) is 4.99 Å². The summed E-state index contributed by atoms with van der Waals surface area (Å²) in [4.78, 5) is 9.09. The lowest BCUT2D eigenvalue weighted by atomic mass is 10.1. The lowest BCUT2D eigenvalue weighted by Gasteiger charge is -2.37. The van der Waals surface area contributed by atoms with Crippen molar-refractivity contribution in [2.45, 2.75) is 13.0 Å². The van der Waals surface area contributed by atoms with Crippen LogP contribution in [0.25, 0.3) is 0 Å². The zero-order valence-electron chi connectivity index (χ0n) is 17.4. The summed E-state index contributed by atoms with van der Waals surface area (Å²) in [5.74, 6) is 1.30. The molecule has 0 radical (unpaired) electrons. The number of guanidine groups is 1. The SMILES string of the molecule is CCNC(=NCC(O)c1cccc(OC)c1)N1CCN(c2ccc(F)cc2)CC1.I. The van der Waals surface area contributed by atoms with E-state index in [0.717, 1.165) is 49.9 Å². The molecule has 8 heteroatoms. The molecule has 0 saturated carbocycles. The quantitative estimate of drug-likeness (QED) is 0.343. The molecule has 2 aromatic rings. The van der Waals surface area contributed by atoms with Gasteiger partial charge in [0.1, 0.15) is 11.6 Å². The molecule has 1 aliphatic heterocycles. The number of ether oxygens (including phenoxy) is 1. The molecule has 0 spiro atoms. The van der Waals surface area contributed by atoms with Crippen molar-refractivity contribution in [2.75, 3.05) is 51.3 Å². The Morgan fingerprint density at radius 3 is 2.50 bits per heavy atom. The Morgan fingerprint density at radius 1 is 1.17 bits per heavy atom. The van der Waals surface area contributed by atoms with Crippen LogP contribution in [0.5, 0.6) is 5.75 Å². The van der Waals surface area contributed by atoms with Crippen LogP contribution in [0.4, 0.5) is 10.1 Å². The topological polar surface area (TPSA) is 60.3 Å². The summed E-state index contributed by atoms with van der Waals surface area (Å²) >= 11 is 0. The van der Waals surface area contributed by atoms with E-state index in [4.69, 9.17) is 4.74 Å². The summed E-state index contributed by atoms with van der Waals surface area (Å²) < 4.78 is 18.4. The minimum Gasteiger partial charge on any atom is -0.497 e. The Labute approximate surface area is 194 Å². The van der Waals surface area contributed by atoms with Gasteiger partial charge in [0, 0.05) is 38.4 Å². The van der Waals surface area contributed by atoms with E-state index in [-0.39, 0.29) is 36.3 Å². The third-order valence-corrected chi connectivity index (χ3v) is 5.00. The number of hydrogen-bond acceptors (Lipinski definition) is 4. The van der Waals surface area contributed by atoms with Crippen molar-refractivity contribution in [3.8, 4) is 5.75 Å². The number of halogens is 2. The second kappa shape index (κ2) is 11.9. The van der Waals surface area contributed by atoms with E-state index in [2.05, 4.69) is 20.1 Å². The molecule has 1 saturated heterocycles. The summed E-state index contributed by atoms with van der Waals surface area (Å²) in [5.41, 5.74) is 1.81. The van der Waals surface area contributed by atoms with Crippen LogP contribution in [0.3, 0.4) is 0 Å². The normalized spacial score (nSPS) is 15.4. The number of aliphatic hydroxyl groups is 1.